The second-order valence-corrected chi connectivity index (χ2v) is 7.69. The number of hydrogen-bond donors (Lipinski definition) is 2. The van der Waals surface area contributed by atoms with Gasteiger partial charge in [0.1, 0.15) is 6.20 Å². The van der Waals surface area contributed by atoms with Crippen LogP contribution in [0.5, 0.6) is 0 Å². The molecule has 0 aliphatic heterocycles. The Morgan fingerprint density at radius 2 is 1.92 bits per heavy atom. The monoisotopic (exact) mass is 334 g/mol. The molecule has 4 bridgehead atoms. The maximum Gasteiger partial charge on any atom is 0.320 e. The van der Waals surface area contributed by atoms with Crippen molar-refractivity contribution in [1.29, 1.82) is 0 Å². The number of aromatic nitrogens is 2. The Kier molecular flexibility index (Phi) is 3.59. The molecule has 4 aliphatic carbocycles. The van der Waals surface area contributed by atoms with Gasteiger partial charge in [-0.3, -0.25) is 19.6 Å². The second kappa shape index (κ2) is 5.54. The Morgan fingerprint density at radius 3 is 2.42 bits per heavy atom. The average molecular weight is 334 g/mol. The molecule has 2 N–H and O–H groups in total. The Hall–Kier alpha value is -1.96. The van der Waals surface area contributed by atoms with Crippen molar-refractivity contribution in [2.24, 2.45) is 17.8 Å². The normalized spacial score (nSPS) is 33.6. The topological polar surface area (TPSA) is 110 Å². The van der Waals surface area contributed by atoms with Crippen LogP contribution in [0.1, 0.15) is 49.0 Å². The standard InChI is InChI=1S/C16H22N4O4/c21-2-1-17-15(22)14-13(20(23)24)9-19(18-14)16-6-10-3-11(7-16)5-12(4-10)8-16/h9-12,21H,1-8H2,(H,17,22). The number of nitrogens with zero attached hydrogens (tertiary/aromatic N) is 3. The Labute approximate surface area is 139 Å². The van der Waals surface area contributed by atoms with Crippen LogP contribution in [-0.4, -0.2) is 38.9 Å². The molecule has 1 heterocycles. The zero-order valence-corrected chi connectivity index (χ0v) is 13.5. The third kappa shape index (κ3) is 2.40. The van der Waals surface area contributed by atoms with Crippen LogP contribution in [0.2, 0.25) is 0 Å². The molecule has 0 aromatic carbocycles. The third-order valence-electron chi connectivity index (χ3n) is 6.00. The molecule has 5 rings (SSSR count). The minimum absolute atomic E-state index is 0.0558. The third-order valence-corrected chi connectivity index (χ3v) is 6.00. The molecular weight excluding hydrogens is 312 g/mol. The highest BCUT2D eigenvalue weighted by molar-refractivity contribution is 5.96. The second-order valence-electron chi connectivity index (χ2n) is 7.69. The summed E-state index contributed by atoms with van der Waals surface area (Å²) in [4.78, 5) is 23.0. The Balaban J connectivity index is 1.69. The number of carbonyl (C=O) groups excluding carboxylic acids is 1. The summed E-state index contributed by atoms with van der Waals surface area (Å²) in [6.45, 7) is -0.157. The molecule has 0 atom stereocenters. The highest BCUT2D eigenvalue weighted by Gasteiger charge is 2.53. The first-order valence-corrected chi connectivity index (χ1v) is 8.64. The molecule has 4 fully saturated rings. The van der Waals surface area contributed by atoms with Gasteiger partial charge in [-0.2, -0.15) is 5.10 Å². The van der Waals surface area contributed by atoms with Crippen molar-refractivity contribution in [2.45, 2.75) is 44.1 Å². The number of carbonyl (C=O) groups is 1. The van der Waals surface area contributed by atoms with Crippen LogP contribution in [0.4, 0.5) is 5.69 Å². The summed E-state index contributed by atoms with van der Waals surface area (Å²) < 4.78 is 1.73. The average Bonchev–Trinajstić information content (AvgIpc) is 2.97. The predicted octanol–water partition coefficient (Wildman–Crippen LogP) is 1.44. The molecule has 8 nitrogen and oxygen atoms in total. The maximum atomic E-state index is 12.2. The fraction of sp³-hybridized carbons (Fsp3) is 0.750. The van der Waals surface area contributed by atoms with Gasteiger partial charge in [-0.25, -0.2) is 0 Å². The summed E-state index contributed by atoms with van der Waals surface area (Å²) >= 11 is 0. The van der Waals surface area contributed by atoms with Crippen molar-refractivity contribution in [1.82, 2.24) is 15.1 Å². The summed E-state index contributed by atoms with van der Waals surface area (Å²) in [5.41, 5.74) is -0.556. The first kappa shape index (κ1) is 15.6. The lowest BCUT2D eigenvalue weighted by molar-refractivity contribution is -0.385. The van der Waals surface area contributed by atoms with E-state index in [1.54, 1.807) is 4.68 Å². The van der Waals surface area contributed by atoms with Gasteiger partial charge in [0.25, 0.3) is 5.91 Å². The van der Waals surface area contributed by atoms with Gasteiger partial charge < -0.3 is 10.4 Å². The van der Waals surface area contributed by atoms with E-state index < -0.39 is 10.8 Å². The lowest BCUT2D eigenvalue weighted by Gasteiger charge is -2.56. The zero-order valence-electron chi connectivity index (χ0n) is 13.5. The van der Waals surface area contributed by atoms with E-state index >= 15 is 0 Å². The first-order chi connectivity index (χ1) is 11.5. The number of nitro groups is 1. The number of hydrogen-bond acceptors (Lipinski definition) is 5. The summed E-state index contributed by atoms with van der Waals surface area (Å²) in [6, 6.07) is 0. The summed E-state index contributed by atoms with van der Waals surface area (Å²) in [5, 5.41) is 27.0. The number of rotatable bonds is 5. The zero-order chi connectivity index (χ0) is 16.9. The largest absolute Gasteiger partial charge is 0.395 e. The number of amides is 1. The lowest BCUT2D eigenvalue weighted by atomic mass is 9.53. The van der Waals surface area contributed by atoms with Gasteiger partial charge in [0.15, 0.2) is 0 Å². The molecule has 0 saturated heterocycles. The summed E-state index contributed by atoms with van der Waals surface area (Å²) in [6.07, 6.45) is 8.28. The number of aliphatic hydroxyl groups excluding tert-OH is 1. The van der Waals surface area contributed by atoms with Gasteiger partial charge in [-0.15, -0.1) is 0 Å². The fourth-order valence-corrected chi connectivity index (χ4v) is 5.50. The van der Waals surface area contributed by atoms with E-state index in [4.69, 9.17) is 5.11 Å². The SMILES string of the molecule is O=C(NCCO)c1nn(C23CC4CC(CC(C4)C2)C3)cc1[N+](=O)[O-]. The van der Waals surface area contributed by atoms with Crippen molar-refractivity contribution in [2.75, 3.05) is 13.2 Å². The van der Waals surface area contributed by atoms with Gasteiger partial charge >= 0.3 is 5.69 Å². The van der Waals surface area contributed by atoms with Crippen LogP contribution in [0.15, 0.2) is 6.20 Å². The maximum absolute atomic E-state index is 12.2. The Morgan fingerprint density at radius 1 is 1.33 bits per heavy atom. The van der Waals surface area contributed by atoms with Crippen LogP contribution < -0.4 is 5.32 Å². The first-order valence-electron chi connectivity index (χ1n) is 8.64. The van der Waals surface area contributed by atoms with Crippen molar-refractivity contribution < 1.29 is 14.8 Å². The smallest absolute Gasteiger partial charge is 0.320 e. The van der Waals surface area contributed by atoms with Gasteiger partial charge in [-0.05, 0) is 56.3 Å². The number of nitrogens with one attached hydrogen (secondary N) is 1. The van der Waals surface area contributed by atoms with Crippen molar-refractivity contribution in [3.63, 3.8) is 0 Å². The quantitative estimate of drug-likeness (QED) is 0.625. The van der Waals surface area contributed by atoms with Crippen molar-refractivity contribution in [3.05, 3.63) is 22.0 Å². The molecular formula is C16H22N4O4. The number of aliphatic hydroxyl groups is 1. The molecule has 1 amide bonds. The van der Waals surface area contributed by atoms with Crippen LogP contribution in [0.25, 0.3) is 0 Å². The molecule has 0 unspecified atom stereocenters. The molecule has 130 valence electrons. The fourth-order valence-electron chi connectivity index (χ4n) is 5.50. The van der Waals surface area contributed by atoms with Crippen molar-refractivity contribution in [3.8, 4) is 0 Å². The van der Waals surface area contributed by atoms with Gasteiger partial charge in [0.2, 0.25) is 5.69 Å². The molecule has 0 radical (unpaired) electrons. The molecule has 4 saturated carbocycles. The lowest BCUT2D eigenvalue weighted by Crippen LogP contribution is -2.52. The van der Waals surface area contributed by atoms with E-state index in [0.29, 0.717) is 17.8 Å². The highest BCUT2D eigenvalue weighted by atomic mass is 16.6. The van der Waals surface area contributed by atoms with E-state index in [2.05, 4.69) is 10.4 Å². The Bertz CT molecular complexity index is 648. The van der Waals surface area contributed by atoms with E-state index in [0.717, 1.165) is 19.3 Å². The molecule has 24 heavy (non-hydrogen) atoms. The molecule has 1 aromatic heterocycles. The van der Waals surface area contributed by atoms with Gasteiger partial charge in [0.05, 0.1) is 17.1 Å². The van der Waals surface area contributed by atoms with Crippen LogP contribution in [-0.2, 0) is 5.54 Å². The predicted molar refractivity (Wildman–Crippen MR) is 84.4 cm³/mol. The van der Waals surface area contributed by atoms with Crippen LogP contribution >= 0.6 is 0 Å². The highest BCUT2D eigenvalue weighted by Crippen LogP contribution is 2.58. The van der Waals surface area contributed by atoms with Crippen LogP contribution in [0.3, 0.4) is 0 Å². The van der Waals surface area contributed by atoms with E-state index in [1.165, 1.54) is 25.5 Å². The summed E-state index contributed by atoms with van der Waals surface area (Å²) in [7, 11) is 0. The van der Waals surface area contributed by atoms with E-state index in [1.807, 2.05) is 0 Å². The minimum Gasteiger partial charge on any atom is -0.395 e. The van der Waals surface area contributed by atoms with Crippen molar-refractivity contribution >= 4 is 11.6 Å². The summed E-state index contributed by atoms with van der Waals surface area (Å²) in [5.74, 6) is 1.46. The molecule has 1 aromatic rings. The molecule has 8 heteroatoms. The van der Waals surface area contributed by atoms with E-state index in [9.17, 15) is 14.9 Å². The van der Waals surface area contributed by atoms with Gasteiger partial charge in [-0.1, -0.05) is 0 Å². The molecule has 4 aliphatic rings. The van der Waals surface area contributed by atoms with Crippen LogP contribution in [0, 0.1) is 27.9 Å². The van der Waals surface area contributed by atoms with E-state index in [-0.39, 0.29) is 30.1 Å². The minimum atomic E-state index is -0.598. The van der Waals surface area contributed by atoms with Gasteiger partial charge in [0, 0.05) is 6.54 Å². The molecule has 0 spiro atoms.